The number of halogens is 1. The fourth-order valence-electron chi connectivity index (χ4n) is 2.25. The molecule has 3 aromatic rings. The Kier molecular flexibility index (Phi) is 5.68. The zero-order valence-corrected chi connectivity index (χ0v) is 15.2. The molecule has 1 heterocycles. The summed E-state index contributed by atoms with van der Waals surface area (Å²) in [6.07, 6.45) is 2.55. The number of amides is 1. The molecule has 0 unspecified atom stereocenters. The number of rotatable bonds is 6. The zero-order valence-electron chi connectivity index (χ0n) is 13.7. The fraction of sp³-hybridized carbons (Fsp3) is 0.158. The van der Waals surface area contributed by atoms with Crippen LogP contribution in [0.25, 0.3) is 10.1 Å². The van der Waals surface area contributed by atoms with Gasteiger partial charge in [-0.25, -0.2) is 5.43 Å². The third kappa shape index (κ3) is 4.18. The van der Waals surface area contributed by atoms with Crippen molar-refractivity contribution in [1.29, 1.82) is 0 Å². The van der Waals surface area contributed by atoms with E-state index in [0.717, 1.165) is 27.8 Å². The number of hydrogen-bond donors (Lipinski definition) is 1. The van der Waals surface area contributed by atoms with Crippen LogP contribution in [-0.2, 0) is 0 Å². The van der Waals surface area contributed by atoms with Crippen molar-refractivity contribution in [3.63, 3.8) is 0 Å². The second kappa shape index (κ2) is 8.14. The van der Waals surface area contributed by atoms with Gasteiger partial charge in [-0.2, -0.15) is 5.10 Å². The van der Waals surface area contributed by atoms with Gasteiger partial charge in [-0.05, 0) is 42.3 Å². The summed E-state index contributed by atoms with van der Waals surface area (Å²) in [6, 6.07) is 15.2. The monoisotopic (exact) mass is 372 g/mol. The molecule has 1 N–H and O–H groups in total. The van der Waals surface area contributed by atoms with E-state index in [1.54, 1.807) is 6.21 Å². The molecule has 0 bridgehead atoms. The zero-order chi connectivity index (χ0) is 17.6. The van der Waals surface area contributed by atoms with E-state index in [-0.39, 0.29) is 5.91 Å². The lowest BCUT2D eigenvalue weighted by molar-refractivity contribution is 0.0959. The van der Waals surface area contributed by atoms with Gasteiger partial charge < -0.3 is 4.74 Å². The lowest BCUT2D eigenvalue weighted by Gasteiger charge is -2.03. The van der Waals surface area contributed by atoms with E-state index in [4.69, 9.17) is 16.3 Å². The van der Waals surface area contributed by atoms with Crippen LogP contribution in [0.15, 0.2) is 53.6 Å². The molecule has 6 heteroatoms. The summed E-state index contributed by atoms with van der Waals surface area (Å²) < 4.78 is 6.50. The highest BCUT2D eigenvalue weighted by atomic mass is 35.5. The van der Waals surface area contributed by atoms with Crippen LogP contribution in [0.2, 0.25) is 5.02 Å². The average molecular weight is 373 g/mol. The Bertz CT molecular complexity index is 903. The van der Waals surface area contributed by atoms with Gasteiger partial charge in [0.25, 0.3) is 5.91 Å². The molecule has 0 aliphatic heterocycles. The van der Waals surface area contributed by atoms with Crippen molar-refractivity contribution in [1.82, 2.24) is 5.43 Å². The third-order valence-electron chi connectivity index (χ3n) is 3.47. The molecule has 2 aromatic carbocycles. The Hall–Kier alpha value is -2.37. The number of ether oxygens (including phenoxy) is 1. The molecular weight excluding hydrogens is 356 g/mol. The van der Waals surface area contributed by atoms with Crippen molar-refractivity contribution in [2.24, 2.45) is 5.10 Å². The number of carbonyl (C=O) groups excluding carboxylic acids is 1. The van der Waals surface area contributed by atoms with Crippen LogP contribution in [0.4, 0.5) is 0 Å². The van der Waals surface area contributed by atoms with Crippen LogP contribution in [0.5, 0.6) is 5.75 Å². The molecule has 0 radical (unpaired) electrons. The highest BCUT2D eigenvalue weighted by molar-refractivity contribution is 7.21. The minimum absolute atomic E-state index is 0.314. The molecule has 1 amide bonds. The number of benzene rings is 2. The molecule has 128 valence electrons. The van der Waals surface area contributed by atoms with Gasteiger partial charge in [0.1, 0.15) is 10.6 Å². The van der Waals surface area contributed by atoms with Crippen molar-refractivity contribution in [3.8, 4) is 5.75 Å². The molecule has 0 fully saturated rings. The highest BCUT2D eigenvalue weighted by Crippen LogP contribution is 2.34. The molecule has 1 aromatic heterocycles. The molecular formula is C19H17ClN2O2S. The number of hydrazone groups is 1. The van der Waals surface area contributed by atoms with Crippen LogP contribution in [0.3, 0.4) is 0 Å². The summed E-state index contributed by atoms with van der Waals surface area (Å²) in [5.41, 5.74) is 3.39. The Morgan fingerprint density at radius 2 is 2.00 bits per heavy atom. The normalized spacial score (nSPS) is 11.1. The standard InChI is InChI=1S/C19H17ClN2O2S/c1-2-11-24-14-9-7-13(8-10-14)12-21-22-19(23)18-17(20)15-5-3-4-6-16(15)25-18/h3-10,12H,2,11H2,1H3,(H,22,23)/b21-12+. The van der Waals surface area contributed by atoms with Gasteiger partial charge in [0.15, 0.2) is 0 Å². The van der Waals surface area contributed by atoms with Crippen molar-refractivity contribution in [3.05, 3.63) is 64.0 Å². The first-order chi connectivity index (χ1) is 12.2. The minimum Gasteiger partial charge on any atom is -0.494 e. The molecule has 4 nitrogen and oxygen atoms in total. The van der Waals surface area contributed by atoms with E-state index in [1.165, 1.54) is 11.3 Å². The lowest BCUT2D eigenvalue weighted by Crippen LogP contribution is -2.16. The van der Waals surface area contributed by atoms with Gasteiger partial charge >= 0.3 is 0 Å². The van der Waals surface area contributed by atoms with Gasteiger partial charge in [-0.15, -0.1) is 11.3 Å². The molecule has 0 aliphatic carbocycles. The molecule has 25 heavy (non-hydrogen) atoms. The van der Waals surface area contributed by atoms with Gasteiger partial charge in [-0.1, -0.05) is 36.7 Å². The summed E-state index contributed by atoms with van der Waals surface area (Å²) in [6.45, 7) is 2.76. The summed E-state index contributed by atoms with van der Waals surface area (Å²) in [7, 11) is 0. The van der Waals surface area contributed by atoms with Gasteiger partial charge in [0, 0.05) is 10.1 Å². The Morgan fingerprint density at radius 1 is 1.24 bits per heavy atom. The molecule has 3 rings (SSSR count). The quantitative estimate of drug-likeness (QED) is 0.483. The second-order valence-corrected chi connectivity index (χ2v) is 6.79. The molecule has 0 spiro atoms. The smallest absolute Gasteiger partial charge is 0.283 e. The Labute approximate surface area is 155 Å². The maximum atomic E-state index is 12.3. The van der Waals surface area contributed by atoms with Crippen LogP contribution in [-0.4, -0.2) is 18.7 Å². The average Bonchev–Trinajstić information content (AvgIpc) is 2.98. The van der Waals surface area contributed by atoms with E-state index < -0.39 is 0 Å². The van der Waals surface area contributed by atoms with E-state index in [2.05, 4.69) is 17.5 Å². The third-order valence-corrected chi connectivity index (χ3v) is 5.15. The molecule has 0 saturated heterocycles. The van der Waals surface area contributed by atoms with Gasteiger partial charge in [0.2, 0.25) is 0 Å². The predicted octanol–water partition coefficient (Wildman–Crippen LogP) is 5.11. The first-order valence-corrected chi connectivity index (χ1v) is 9.11. The highest BCUT2D eigenvalue weighted by Gasteiger charge is 2.16. The number of fused-ring (bicyclic) bond motifs is 1. The van der Waals surface area contributed by atoms with Gasteiger partial charge in [0.05, 0.1) is 17.8 Å². The van der Waals surface area contributed by atoms with Crippen LogP contribution < -0.4 is 10.2 Å². The molecule has 0 atom stereocenters. The van der Waals surface area contributed by atoms with Crippen LogP contribution >= 0.6 is 22.9 Å². The second-order valence-electron chi connectivity index (χ2n) is 5.36. The van der Waals surface area contributed by atoms with Crippen molar-refractivity contribution < 1.29 is 9.53 Å². The number of thiophene rings is 1. The van der Waals surface area contributed by atoms with Crippen LogP contribution in [0, 0.1) is 0 Å². The topological polar surface area (TPSA) is 50.7 Å². The van der Waals surface area contributed by atoms with Crippen LogP contribution in [0.1, 0.15) is 28.6 Å². The van der Waals surface area contributed by atoms with Gasteiger partial charge in [-0.3, -0.25) is 4.79 Å². The maximum Gasteiger partial charge on any atom is 0.283 e. The molecule has 0 saturated carbocycles. The number of hydrogen-bond acceptors (Lipinski definition) is 4. The van der Waals surface area contributed by atoms with Crippen molar-refractivity contribution >= 4 is 45.1 Å². The SMILES string of the molecule is CCCOc1ccc(/C=N/NC(=O)c2sc3ccccc3c2Cl)cc1. The van der Waals surface area contributed by atoms with Crippen molar-refractivity contribution in [2.75, 3.05) is 6.61 Å². The molecule has 0 aliphatic rings. The summed E-state index contributed by atoms with van der Waals surface area (Å²) in [4.78, 5) is 12.7. The number of nitrogens with one attached hydrogen (secondary N) is 1. The largest absolute Gasteiger partial charge is 0.494 e. The first-order valence-electron chi connectivity index (χ1n) is 7.92. The van der Waals surface area contributed by atoms with E-state index >= 15 is 0 Å². The minimum atomic E-state index is -0.314. The van der Waals surface area contributed by atoms with E-state index in [0.29, 0.717) is 16.5 Å². The maximum absolute atomic E-state index is 12.3. The Morgan fingerprint density at radius 3 is 2.72 bits per heavy atom. The Balaban J connectivity index is 1.65. The van der Waals surface area contributed by atoms with Crippen molar-refractivity contribution in [2.45, 2.75) is 13.3 Å². The van der Waals surface area contributed by atoms with E-state index in [1.807, 2.05) is 48.5 Å². The number of nitrogens with zero attached hydrogens (tertiary/aromatic N) is 1. The number of carbonyl (C=O) groups is 1. The fourth-order valence-corrected chi connectivity index (χ4v) is 3.65. The predicted molar refractivity (Wildman–Crippen MR) is 104 cm³/mol. The first kappa shape index (κ1) is 17.5. The van der Waals surface area contributed by atoms with E-state index in [9.17, 15) is 4.79 Å². The summed E-state index contributed by atoms with van der Waals surface area (Å²) >= 11 is 7.64. The summed E-state index contributed by atoms with van der Waals surface area (Å²) in [5.74, 6) is 0.505. The summed E-state index contributed by atoms with van der Waals surface area (Å²) in [5, 5.41) is 5.35. The lowest BCUT2D eigenvalue weighted by atomic mass is 10.2.